The van der Waals surface area contributed by atoms with Gasteiger partial charge in [-0.2, -0.15) is 0 Å². The highest BCUT2D eigenvalue weighted by Crippen LogP contribution is 2.24. The molecule has 2 rings (SSSR count). The van der Waals surface area contributed by atoms with Gasteiger partial charge in [0.15, 0.2) is 0 Å². The zero-order valence-electron chi connectivity index (χ0n) is 12.5. The summed E-state index contributed by atoms with van der Waals surface area (Å²) in [6, 6.07) is 2.85. The lowest BCUT2D eigenvalue weighted by atomic mass is 9.95. The molecule has 0 bridgehead atoms. The molecule has 0 aliphatic heterocycles. The maximum Gasteiger partial charge on any atom is 0.229 e. The first-order valence-corrected chi connectivity index (χ1v) is 7.14. The largest absolute Gasteiger partial charge is 0.383 e. The van der Waals surface area contributed by atoms with Crippen LogP contribution in [0.4, 0.5) is 8.78 Å². The summed E-state index contributed by atoms with van der Waals surface area (Å²) in [5, 5.41) is 16.4. The van der Waals surface area contributed by atoms with Crippen molar-refractivity contribution >= 4 is 17.5 Å². The minimum Gasteiger partial charge on any atom is -0.383 e. The lowest BCUT2D eigenvalue weighted by molar-refractivity contribution is -0.121. The third-order valence-electron chi connectivity index (χ3n) is 3.42. The van der Waals surface area contributed by atoms with Gasteiger partial charge in [0.25, 0.3) is 0 Å². The average molecular weight is 345 g/mol. The van der Waals surface area contributed by atoms with Crippen molar-refractivity contribution < 1.29 is 23.2 Å². The Kier molecular flexibility index (Phi) is 5.01. The van der Waals surface area contributed by atoms with Gasteiger partial charge in [-0.3, -0.25) is 4.79 Å². The molecule has 0 radical (unpaired) electrons. The van der Waals surface area contributed by atoms with Crippen molar-refractivity contribution in [1.29, 1.82) is 0 Å². The fourth-order valence-electron chi connectivity index (χ4n) is 2.07. The highest BCUT2D eigenvalue weighted by atomic mass is 35.5. The van der Waals surface area contributed by atoms with E-state index in [1.807, 2.05) is 0 Å². The second-order valence-electron chi connectivity index (χ2n) is 5.37. The number of hydrogen-bond donors (Lipinski definition) is 2. The van der Waals surface area contributed by atoms with Gasteiger partial charge in [0.1, 0.15) is 17.2 Å². The molecule has 124 valence electrons. The van der Waals surface area contributed by atoms with Gasteiger partial charge < -0.3 is 14.9 Å². The first-order valence-electron chi connectivity index (χ1n) is 6.76. The molecule has 1 atom stereocenters. The van der Waals surface area contributed by atoms with Gasteiger partial charge in [0.2, 0.25) is 11.1 Å². The van der Waals surface area contributed by atoms with Crippen LogP contribution in [0.3, 0.4) is 0 Å². The molecule has 0 spiro atoms. The Balaban J connectivity index is 2.02. The number of aliphatic hydroxyl groups is 1. The standard InChI is InChI=1S/C15H15ClF2N2O3/c1-8-10(14(16)23-20-8)6-13(21)19-7-15(2,22)11-4-3-9(17)5-12(11)18/h3-5,22H,6-7H2,1-2H3,(H,19,21)/t15-/m1/s1. The average Bonchev–Trinajstić information content (AvgIpc) is 2.77. The van der Waals surface area contributed by atoms with Gasteiger partial charge in [-0.25, -0.2) is 8.78 Å². The molecule has 5 nitrogen and oxygen atoms in total. The van der Waals surface area contributed by atoms with E-state index in [4.69, 9.17) is 16.1 Å². The summed E-state index contributed by atoms with van der Waals surface area (Å²) in [4.78, 5) is 11.9. The predicted molar refractivity (Wildman–Crippen MR) is 78.9 cm³/mol. The Morgan fingerprint density at radius 1 is 1.48 bits per heavy atom. The van der Waals surface area contributed by atoms with Crippen LogP contribution < -0.4 is 5.32 Å². The summed E-state index contributed by atoms with van der Waals surface area (Å²) in [7, 11) is 0. The van der Waals surface area contributed by atoms with Crippen LogP contribution in [0.25, 0.3) is 0 Å². The Morgan fingerprint density at radius 2 is 2.17 bits per heavy atom. The molecule has 1 heterocycles. The van der Waals surface area contributed by atoms with Crippen molar-refractivity contribution in [3.63, 3.8) is 0 Å². The van der Waals surface area contributed by atoms with Crippen LogP contribution in [0, 0.1) is 18.6 Å². The first-order chi connectivity index (χ1) is 10.7. The number of halogens is 3. The van der Waals surface area contributed by atoms with E-state index in [-0.39, 0.29) is 23.7 Å². The number of aryl methyl sites for hydroxylation is 1. The monoisotopic (exact) mass is 344 g/mol. The Bertz CT molecular complexity index is 712. The fraction of sp³-hybridized carbons (Fsp3) is 0.333. The quantitative estimate of drug-likeness (QED) is 0.873. The first kappa shape index (κ1) is 17.4. The number of aromatic nitrogens is 1. The molecule has 1 amide bonds. The number of hydrogen-bond acceptors (Lipinski definition) is 4. The molecular formula is C15H15ClF2N2O3. The third kappa shape index (κ3) is 4.05. The van der Waals surface area contributed by atoms with E-state index in [1.54, 1.807) is 6.92 Å². The maximum absolute atomic E-state index is 13.7. The van der Waals surface area contributed by atoms with Crippen LogP contribution >= 0.6 is 11.6 Å². The lowest BCUT2D eigenvalue weighted by Gasteiger charge is -2.24. The van der Waals surface area contributed by atoms with E-state index in [9.17, 15) is 18.7 Å². The Morgan fingerprint density at radius 3 is 2.74 bits per heavy atom. The number of nitrogens with zero attached hydrogens (tertiary/aromatic N) is 1. The summed E-state index contributed by atoms with van der Waals surface area (Å²) in [5.41, 5.74) is -0.877. The van der Waals surface area contributed by atoms with Crippen molar-refractivity contribution in [2.45, 2.75) is 25.9 Å². The summed E-state index contributed by atoms with van der Waals surface area (Å²) in [6.45, 7) is 2.71. The topological polar surface area (TPSA) is 75.4 Å². The third-order valence-corrected chi connectivity index (χ3v) is 3.71. The van der Waals surface area contributed by atoms with Crippen LogP contribution in [0.1, 0.15) is 23.7 Å². The summed E-state index contributed by atoms with van der Waals surface area (Å²) in [6.07, 6.45) is -0.0872. The SMILES string of the molecule is Cc1noc(Cl)c1CC(=O)NC[C@@](C)(O)c1ccc(F)cc1F. The number of amides is 1. The molecule has 23 heavy (non-hydrogen) atoms. The van der Waals surface area contributed by atoms with Crippen molar-refractivity contribution in [3.05, 3.63) is 51.9 Å². The van der Waals surface area contributed by atoms with Crippen LogP contribution in [-0.4, -0.2) is 22.7 Å². The second-order valence-corrected chi connectivity index (χ2v) is 5.72. The van der Waals surface area contributed by atoms with Gasteiger partial charge in [0.05, 0.1) is 18.7 Å². The van der Waals surface area contributed by atoms with Crippen LogP contribution in [0.15, 0.2) is 22.7 Å². The molecule has 0 aliphatic rings. The molecule has 1 aromatic heterocycles. The molecule has 2 N–H and O–H groups in total. The molecule has 1 aromatic carbocycles. The lowest BCUT2D eigenvalue weighted by Crippen LogP contribution is -2.39. The second kappa shape index (κ2) is 6.64. The van der Waals surface area contributed by atoms with E-state index < -0.39 is 23.1 Å². The molecule has 2 aromatic rings. The molecule has 0 saturated carbocycles. The summed E-state index contributed by atoms with van der Waals surface area (Å²) < 4.78 is 31.4. The number of benzene rings is 1. The highest BCUT2D eigenvalue weighted by Gasteiger charge is 2.28. The number of carbonyl (C=O) groups is 1. The smallest absolute Gasteiger partial charge is 0.229 e. The normalized spacial score (nSPS) is 13.7. The van der Waals surface area contributed by atoms with Crippen LogP contribution in [-0.2, 0) is 16.8 Å². The van der Waals surface area contributed by atoms with Crippen molar-refractivity contribution in [3.8, 4) is 0 Å². The Labute approximate surface area is 136 Å². The molecule has 0 fully saturated rings. The molecule has 0 saturated heterocycles. The zero-order valence-corrected chi connectivity index (χ0v) is 13.2. The zero-order chi connectivity index (χ0) is 17.2. The van der Waals surface area contributed by atoms with Gasteiger partial charge in [-0.1, -0.05) is 11.2 Å². The molecule has 8 heteroatoms. The van der Waals surface area contributed by atoms with E-state index in [0.717, 1.165) is 12.1 Å². The fourth-order valence-corrected chi connectivity index (χ4v) is 2.31. The van der Waals surface area contributed by atoms with Gasteiger partial charge in [-0.05, 0) is 31.5 Å². The molecular weight excluding hydrogens is 330 g/mol. The van der Waals surface area contributed by atoms with E-state index >= 15 is 0 Å². The van der Waals surface area contributed by atoms with Crippen molar-refractivity contribution in [2.75, 3.05) is 6.54 Å². The van der Waals surface area contributed by atoms with E-state index in [2.05, 4.69) is 10.5 Å². The van der Waals surface area contributed by atoms with Gasteiger partial charge >= 0.3 is 0 Å². The van der Waals surface area contributed by atoms with Crippen LogP contribution in [0.2, 0.25) is 5.22 Å². The minimum atomic E-state index is -1.69. The van der Waals surface area contributed by atoms with Crippen molar-refractivity contribution in [2.24, 2.45) is 0 Å². The summed E-state index contributed by atoms with van der Waals surface area (Å²) in [5.74, 6) is -2.08. The molecule has 0 aliphatic carbocycles. The van der Waals surface area contributed by atoms with E-state index in [1.165, 1.54) is 6.92 Å². The maximum atomic E-state index is 13.7. The van der Waals surface area contributed by atoms with E-state index in [0.29, 0.717) is 17.3 Å². The number of nitrogens with one attached hydrogen (secondary N) is 1. The number of carbonyl (C=O) groups excluding carboxylic acids is 1. The van der Waals surface area contributed by atoms with Gasteiger partial charge in [0, 0.05) is 17.2 Å². The predicted octanol–water partition coefficient (Wildman–Crippen LogP) is 2.48. The van der Waals surface area contributed by atoms with Crippen molar-refractivity contribution in [1.82, 2.24) is 10.5 Å². The highest BCUT2D eigenvalue weighted by molar-refractivity contribution is 6.29. The summed E-state index contributed by atoms with van der Waals surface area (Å²) >= 11 is 5.77. The van der Waals surface area contributed by atoms with Crippen LogP contribution in [0.5, 0.6) is 0 Å². The molecule has 0 unspecified atom stereocenters. The minimum absolute atomic E-state index is 0.0222. The number of rotatable bonds is 5. The van der Waals surface area contributed by atoms with Gasteiger partial charge in [-0.15, -0.1) is 0 Å². The Hall–Kier alpha value is -1.99.